The Balaban J connectivity index is 1.52. The summed E-state index contributed by atoms with van der Waals surface area (Å²) in [5, 5.41) is 23.1. The number of carbonyl (C=O) groups excluding carboxylic acids is 2. The molecule has 6 nitrogen and oxygen atoms in total. The van der Waals surface area contributed by atoms with Crippen LogP contribution in [0.25, 0.3) is 10.8 Å². The molecule has 0 spiro atoms. The fourth-order valence-electron chi connectivity index (χ4n) is 5.52. The van der Waals surface area contributed by atoms with Crippen LogP contribution in [0.2, 0.25) is 0 Å². The largest absolute Gasteiger partial charge is 0.396 e. The molecule has 2 aliphatic rings. The van der Waals surface area contributed by atoms with Crippen molar-refractivity contribution in [2.45, 2.75) is 18.9 Å². The second-order valence-electron chi connectivity index (χ2n) is 9.49. The van der Waals surface area contributed by atoms with Gasteiger partial charge in [-0.1, -0.05) is 61.5 Å². The average molecular weight is 491 g/mol. The number of carbonyl (C=O) groups is 2. The highest BCUT2D eigenvalue weighted by molar-refractivity contribution is 6.28. The molecule has 0 unspecified atom stereocenters. The number of hydrogen-bond acceptors (Lipinski definition) is 4. The number of anilines is 4. The van der Waals surface area contributed by atoms with Crippen LogP contribution in [0, 0.1) is 5.92 Å². The zero-order valence-corrected chi connectivity index (χ0v) is 20.3. The van der Waals surface area contributed by atoms with Crippen molar-refractivity contribution in [1.29, 1.82) is 0 Å². The predicted molar refractivity (Wildman–Crippen MR) is 144 cm³/mol. The van der Waals surface area contributed by atoms with E-state index in [2.05, 4.69) is 0 Å². The highest BCUT2D eigenvalue weighted by atomic mass is 16.3. The molecule has 2 atom stereocenters. The van der Waals surface area contributed by atoms with E-state index in [9.17, 15) is 19.8 Å². The van der Waals surface area contributed by atoms with Crippen molar-refractivity contribution < 1.29 is 19.8 Å². The van der Waals surface area contributed by atoms with E-state index in [4.69, 9.17) is 0 Å². The Hall–Kier alpha value is -4.26. The quantitative estimate of drug-likeness (QED) is 0.346. The van der Waals surface area contributed by atoms with Gasteiger partial charge < -0.3 is 10.2 Å². The molecule has 2 N–H and O–H groups in total. The first kappa shape index (κ1) is 23.2. The van der Waals surface area contributed by atoms with E-state index in [1.54, 1.807) is 36.1 Å². The summed E-state index contributed by atoms with van der Waals surface area (Å²) in [7, 11) is 0. The minimum atomic E-state index is -1.85. The van der Waals surface area contributed by atoms with Gasteiger partial charge in [-0.3, -0.25) is 19.4 Å². The number of para-hydroxylation sites is 1. The smallest absolute Gasteiger partial charge is 0.268 e. The summed E-state index contributed by atoms with van der Waals surface area (Å²) in [4.78, 5) is 30.6. The summed E-state index contributed by atoms with van der Waals surface area (Å²) in [6.07, 6.45) is 3.96. The second-order valence-corrected chi connectivity index (χ2v) is 9.49. The second kappa shape index (κ2) is 8.69. The minimum absolute atomic E-state index is 0.0182. The molecule has 0 saturated carbocycles. The van der Waals surface area contributed by atoms with Crippen molar-refractivity contribution in [3.63, 3.8) is 0 Å². The Labute approximate surface area is 214 Å². The van der Waals surface area contributed by atoms with E-state index in [1.165, 1.54) is 4.90 Å². The molecule has 0 fully saturated rings. The number of rotatable bonds is 6. The Bertz CT molecular complexity index is 1570. The van der Waals surface area contributed by atoms with E-state index < -0.39 is 17.4 Å². The number of aliphatic hydroxyl groups is 2. The summed E-state index contributed by atoms with van der Waals surface area (Å²) >= 11 is 0. The Morgan fingerprint density at radius 3 is 2.38 bits per heavy atom. The molecule has 6 heteroatoms. The van der Waals surface area contributed by atoms with Crippen LogP contribution in [0.15, 0.2) is 97.1 Å². The van der Waals surface area contributed by atoms with E-state index in [-0.39, 0.29) is 12.5 Å². The van der Waals surface area contributed by atoms with Gasteiger partial charge in [-0.25, -0.2) is 0 Å². The average Bonchev–Trinajstić information content (AvgIpc) is 3.34. The fourth-order valence-corrected chi connectivity index (χ4v) is 5.52. The molecule has 0 aliphatic carbocycles. The molecule has 2 heterocycles. The van der Waals surface area contributed by atoms with Crippen molar-refractivity contribution >= 4 is 45.3 Å². The maximum absolute atomic E-state index is 13.9. The van der Waals surface area contributed by atoms with Gasteiger partial charge in [0.1, 0.15) is 0 Å². The van der Waals surface area contributed by atoms with Gasteiger partial charge in [-0.2, -0.15) is 0 Å². The third kappa shape index (κ3) is 3.34. The van der Waals surface area contributed by atoms with E-state index in [0.717, 1.165) is 16.5 Å². The lowest BCUT2D eigenvalue weighted by molar-refractivity contribution is -0.138. The zero-order valence-electron chi connectivity index (χ0n) is 20.3. The van der Waals surface area contributed by atoms with Crippen molar-refractivity contribution in [1.82, 2.24) is 0 Å². The summed E-state index contributed by atoms with van der Waals surface area (Å²) in [5.74, 6) is -1.18. The van der Waals surface area contributed by atoms with Gasteiger partial charge in [0.15, 0.2) is 5.60 Å². The van der Waals surface area contributed by atoms with Crippen LogP contribution in [-0.2, 0) is 10.4 Å². The number of benzene rings is 4. The van der Waals surface area contributed by atoms with Gasteiger partial charge in [0.2, 0.25) is 0 Å². The normalized spacial score (nSPS) is 19.3. The molecule has 2 aliphatic heterocycles. The molecule has 0 aromatic heterocycles. The van der Waals surface area contributed by atoms with Gasteiger partial charge in [-0.15, -0.1) is 0 Å². The Kier molecular flexibility index (Phi) is 5.44. The number of hydrogen-bond donors (Lipinski definition) is 2. The molecule has 4 aromatic rings. The molecule has 4 aromatic carbocycles. The predicted octanol–water partition coefficient (Wildman–Crippen LogP) is 5.57. The molecular formula is C31H26N2O4. The maximum Gasteiger partial charge on any atom is 0.268 e. The lowest BCUT2D eigenvalue weighted by Crippen LogP contribution is -2.42. The Morgan fingerprint density at radius 1 is 0.865 bits per heavy atom. The van der Waals surface area contributed by atoms with Crippen LogP contribution in [0.3, 0.4) is 0 Å². The number of fused-ring (bicyclic) bond motifs is 1. The molecule has 0 bridgehead atoms. The van der Waals surface area contributed by atoms with E-state index >= 15 is 0 Å². The van der Waals surface area contributed by atoms with Gasteiger partial charge >= 0.3 is 0 Å². The maximum atomic E-state index is 13.9. The first-order valence-corrected chi connectivity index (χ1v) is 12.4. The summed E-state index contributed by atoms with van der Waals surface area (Å²) < 4.78 is 0. The molecular weight excluding hydrogens is 464 g/mol. The topological polar surface area (TPSA) is 81.1 Å². The third-order valence-electron chi connectivity index (χ3n) is 7.37. The van der Waals surface area contributed by atoms with Crippen LogP contribution in [0.1, 0.15) is 29.3 Å². The summed E-state index contributed by atoms with van der Waals surface area (Å²) in [5.41, 5.74) is 1.81. The molecule has 37 heavy (non-hydrogen) atoms. The minimum Gasteiger partial charge on any atom is -0.396 e. The van der Waals surface area contributed by atoms with Crippen molar-refractivity contribution in [2.24, 2.45) is 5.92 Å². The molecule has 2 amide bonds. The van der Waals surface area contributed by atoms with Crippen LogP contribution in [0.4, 0.5) is 22.7 Å². The first-order chi connectivity index (χ1) is 18.0. The zero-order chi connectivity index (χ0) is 25.7. The number of nitrogens with zero attached hydrogens (tertiary/aromatic N) is 2. The van der Waals surface area contributed by atoms with Gasteiger partial charge in [0.05, 0.1) is 16.9 Å². The monoisotopic (exact) mass is 490 g/mol. The highest BCUT2D eigenvalue weighted by Gasteiger charge is 2.53. The number of amides is 2. The van der Waals surface area contributed by atoms with Crippen molar-refractivity contribution in [3.05, 3.63) is 108 Å². The molecule has 6 rings (SSSR count). The highest BCUT2D eigenvalue weighted by Crippen LogP contribution is 2.51. The Morgan fingerprint density at radius 2 is 1.62 bits per heavy atom. The lowest BCUT2D eigenvalue weighted by Gasteiger charge is -2.28. The van der Waals surface area contributed by atoms with Gasteiger partial charge in [-0.05, 0) is 54.3 Å². The molecule has 0 radical (unpaired) electrons. The molecule has 0 saturated heterocycles. The van der Waals surface area contributed by atoms with Crippen LogP contribution >= 0.6 is 0 Å². The lowest BCUT2D eigenvalue weighted by atomic mass is 9.82. The molecule has 184 valence electrons. The van der Waals surface area contributed by atoms with Gasteiger partial charge in [0.25, 0.3) is 11.8 Å². The third-order valence-corrected chi connectivity index (χ3v) is 7.37. The van der Waals surface area contributed by atoms with E-state index in [1.807, 2.05) is 72.8 Å². The van der Waals surface area contributed by atoms with Crippen molar-refractivity contribution in [2.75, 3.05) is 16.4 Å². The summed E-state index contributed by atoms with van der Waals surface area (Å²) in [6, 6.07) is 26.1. The standard InChI is InChI=1S/C31H26N2O4/c1-20(9-5-6-18-34)31(37)25-19-23(16-17-26(25)33(30(31)36)22-12-3-2-4-13-22)32-27-15-8-11-21-10-7-14-24(28(21)27)29(32)35/h2-5,7-17,19-20,34,37H,6,18H2,1H3/b9-5+/t20-,31+/m1/s1. The van der Waals surface area contributed by atoms with Crippen molar-refractivity contribution in [3.8, 4) is 0 Å². The number of aliphatic hydroxyl groups excluding tert-OH is 1. The van der Waals surface area contributed by atoms with Crippen LogP contribution < -0.4 is 9.80 Å². The summed E-state index contributed by atoms with van der Waals surface area (Å²) in [6.45, 7) is 1.77. The SMILES string of the molecule is C[C@H](/C=C/CCO)[C@@]1(O)C(=O)N(c2ccccc2)c2ccc(N3C(=O)c4cccc5cccc3c45)cc21. The fraction of sp³-hybridized carbons (Fsp3) is 0.161. The first-order valence-electron chi connectivity index (χ1n) is 12.4. The van der Waals surface area contributed by atoms with Gasteiger partial charge in [0, 0.05) is 34.8 Å². The van der Waals surface area contributed by atoms with Crippen LogP contribution in [-0.4, -0.2) is 28.6 Å². The van der Waals surface area contributed by atoms with Crippen LogP contribution in [0.5, 0.6) is 0 Å². The van der Waals surface area contributed by atoms with E-state index in [0.29, 0.717) is 34.6 Å².